The molecule has 0 bridgehead atoms. The average Bonchev–Trinajstić information content (AvgIpc) is 2.25. The highest BCUT2D eigenvalue weighted by molar-refractivity contribution is 5.80. The Morgan fingerprint density at radius 3 is 2.18 bits per heavy atom. The minimum Gasteiger partial charge on any atom is -0.462 e. The van der Waals surface area contributed by atoms with Gasteiger partial charge in [0.25, 0.3) is 0 Å². The lowest BCUT2D eigenvalue weighted by molar-refractivity contribution is -0.355. The predicted molar refractivity (Wildman–Crippen MR) is 57.4 cm³/mol. The van der Waals surface area contributed by atoms with Crippen LogP contribution in [0.3, 0.4) is 0 Å². The van der Waals surface area contributed by atoms with Gasteiger partial charge < -0.3 is 19.4 Å². The molecule has 2 aliphatic rings. The standard InChI is InChI=1S/C11H19NO5/c1-9(2)8(13)15-5-11(12(9)14)6-16-10(3,4)17-7-11/h14H,5-7H2,1-4H3. The quantitative estimate of drug-likeness (QED) is 0.628. The van der Waals surface area contributed by atoms with Gasteiger partial charge in [0.15, 0.2) is 5.79 Å². The summed E-state index contributed by atoms with van der Waals surface area (Å²) in [5.74, 6) is -1.12. The summed E-state index contributed by atoms with van der Waals surface area (Å²) < 4.78 is 16.2. The molecule has 2 rings (SSSR count). The highest BCUT2D eigenvalue weighted by Crippen LogP contribution is 2.35. The monoisotopic (exact) mass is 245 g/mol. The number of hydrogen-bond acceptors (Lipinski definition) is 6. The van der Waals surface area contributed by atoms with Crippen LogP contribution in [0.1, 0.15) is 27.7 Å². The van der Waals surface area contributed by atoms with Gasteiger partial charge in [-0.15, -0.1) is 0 Å². The second-order valence-electron chi connectivity index (χ2n) is 5.65. The van der Waals surface area contributed by atoms with Crippen LogP contribution in [-0.4, -0.2) is 52.9 Å². The van der Waals surface area contributed by atoms with Crippen LogP contribution >= 0.6 is 0 Å². The Hall–Kier alpha value is -0.690. The Kier molecular flexibility index (Phi) is 2.74. The molecule has 1 spiro atoms. The van der Waals surface area contributed by atoms with Crippen molar-refractivity contribution in [2.24, 2.45) is 0 Å². The van der Waals surface area contributed by atoms with Gasteiger partial charge >= 0.3 is 5.97 Å². The van der Waals surface area contributed by atoms with E-state index in [0.717, 1.165) is 5.06 Å². The smallest absolute Gasteiger partial charge is 0.328 e. The van der Waals surface area contributed by atoms with Crippen molar-refractivity contribution >= 4 is 5.97 Å². The zero-order valence-corrected chi connectivity index (χ0v) is 10.6. The zero-order valence-electron chi connectivity index (χ0n) is 10.6. The first-order valence-electron chi connectivity index (χ1n) is 5.64. The molecule has 2 aliphatic heterocycles. The molecule has 6 heteroatoms. The molecule has 0 saturated carbocycles. The summed E-state index contributed by atoms with van der Waals surface area (Å²) >= 11 is 0. The van der Waals surface area contributed by atoms with E-state index in [9.17, 15) is 10.0 Å². The van der Waals surface area contributed by atoms with Crippen molar-refractivity contribution < 1.29 is 24.2 Å². The first-order valence-corrected chi connectivity index (χ1v) is 5.64. The fourth-order valence-corrected chi connectivity index (χ4v) is 2.02. The van der Waals surface area contributed by atoms with Crippen LogP contribution < -0.4 is 0 Å². The molecule has 0 amide bonds. The Labute approximate surface area is 100 Å². The van der Waals surface area contributed by atoms with Gasteiger partial charge in [0, 0.05) is 0 Å². The molecule has 6 nitrogen and oxygen atoms in total. The van der Waals surface area contributed by atoms with Crippen molar-refractivity contribution in [1.29, 1.82) is 0 Å². The van der Waals surface area contributed by atoms with Crippen molar-refractivity contribution in [3.8, 4) is 0 Å². The number of hydroxylamine groups is 2. The lowest BCUT2D eigenvalue weighted by Gasteiger charge is -2.52. The number of hydrogen-bond donors (Lipinski definition) is 1. The maximum atomic E-state index is 11.6. The summed E-state index contributed by atoms with van der Waals surface area (Å²) in [6, 6.07) is 0. The minimum absolute atomic E-state index is 0.0713. The number of carbonyl (C=O) groups excluding carboxylic acids is 1. The van der Waals surface area contributed by atoms with E-state index in [1.165, 1.54) is 0 Å². The van der Waals surface area contributed by atoms with Crippen LogP contribution in [0.25, 0.3) is 0 Å². The van der Waals surface area contributed by atoms with Crippen LogP contribution in [0, 0.1) is 0 Å². The Balaban J connectivity index is 2.20. The zero-order chi connectivity index (χ0) is 12.9. The topological polar surface area (TPSA) is 68.2 Å². The molecule has 0 aromatic carbocycles. The van der Waals surface area contributed by atoms with E-state index in [2.05, 4.69) is 0 Å². The molecule has 0 aromatic rings. The second-order valence-corrected chi connectivity index (χ2v) is 5.65. The minimum atomic E-state index is -1.09. The number of carbonyl (C=O) groups is 1. The van der Waals surface area contributed by atoms with E-state index in [0.29, 0.717) is 0 Å². The molecular weight excluding hydrogens is 226 g/mol. The first-order chi connectivity index (χ1) is 7.70. The lowest BCUT2D eigenvalue weighted by atomic mass is 9.91. The van der Waals surface area contributed by atoms with Crippen LogP contribution in [0.4, 0.5) is 0 Å². The first kappa shape index (κ1) is 12.8. The summed E-state index contributed by atoms with van der Waals surface area (Å²) in [7, 11) is 0. The van der Waals surface area contributed by atoms with Crippen LogP contribution in [-0.2, 0) is 19.0 Å². The third kappa shape index (κ3) is 1.95. The molecule has 2 heterocycles. The maximum Gasteiger partial charge on any atom is 0.328 e. The van der Waals surface area contributed by atoms with Gasteiger partial charge in [-0.2, -0.15) is 5.06 Å². The van der Waals surface area contributed by atoms with E-state index in [1.54, 1.807) is 13.8 Å². The molecule has 17 heavy (non-hydrogen) atoms. The fraction of sp³-hybridized carbons (Fsp3) is 0.909. The summed E-state index contributed by atoms with van der Waals surface area (Å²) in [6.45, 7) is 7.41. The molecule has 2 fully saturated rings. The van der Waals surface area contributed by atoms with Gasteiger partial charge in [0.2, 0.25) is 0 Å². The van der Waals surface area contributed by atoms with E-state index in [1.807, 2.05) is 13.8 Å². The normalized spacial score (nSPS) is 31.2. The van der Waals surface area contributed by atoms with E-state index < -0.39 is 22.8 Å². The summed E-state index contributed by atoms with van der Waals surface area (Å²) in [4.78, 5) is 11.6. The molecule has 2 saturated heterocycles. The van der Waals surface area contributed by atoms with Crippen molar-refractivity contribution in [2.75, 3.05) is 19.8 Å². The van der Waals surface area contributed by atoms with Crippen molar-refractivity contribution in [1.82, 2.24) is 5.06 Å². The van der Waals surface area contributed by atoms with Crippen molar-refractivity contribution in [3.05, 3.63) is 0 Å². The number of morpholine rings is 1. The predicted octanol–water partition coefficient (Wildman–Crippen LogP) is 0.535. The largest absolute Gasteiger partial charge is 0.462 e. The van der Waals surface area contributed by atoms with Crippen molar-refractivity contribution in [2.45, 2.75) is 44.6 Å². The molecule has 0 aromatic heterocycles. The molecule has 0 radical (unpaired) electrons. The third-order valence-electron chi connectivity index (χ3n) is 3.33. The summed E-state index contributed by atoms with van der Waals surface area (Å²) in [5.41, 5.74) is -1.90. The van der Waals surface area contributed by atoms with Gasteiger partial charge in [-0.1, -0.05) is 0 Å². The van der Waals surface area contributed by atoms with Gasteiger partial charge in [0.1, 0.15) is 17.7 Å². The van der Waals surface area contributed by atoms with Crippen LogP contribution in [0.15, 0.2) is 0 Å². The highest BCUT2D eigenvalue weighted by atomic mass is 16.7. The summed E-state index contributed by atoms with van der Waals surface area (Å²) in [6.07, 6.45) is 0. The average molecular weight is 245 g/mol. The van der Waals surface area contributed by atoms with Gasteiger partial charge in [-0.3, -0.25) is 0 Å². The van der Waals surface area contributed by atoms with E-state index >= 15 is 0 Å². The number of cyclic esters (lactones) is 1. The molecule has 1 N–H and O–H groups in total. The number of rotatable bonds is 0. The van der Waals surface area contributed by atoms with Crippen molar-refractivity contribution in [3.63, 3.8) is 0 Å². The molecular formula is C11H19NO5. The van der Waals surface area contributed by atoms with Gasteiger partial charge in [-0.05, 0) is 27.7 Å². The van der Waals surface area contributed by atoms with Crippen LogP contribution in [0.5, 0.6) is 0 Å². The van der Waals surface area contributed by atoms with Crippen LogP contribution in [0.2, 0.25) is 0 Å². The highest BCUT2D eigenvalue weighted by Gasteiger charge is 2.56. The number of nitrogens with zero attached hydrogens (tertiary/aromatic N) is 1. The van der Waals surface area contributed by atoms with Gasteiger partial charge in [0.05, 0.1) is 13.2 Å². The number of ether oxygens (including phenoxy) is 3. The third-order valence-corrected chi connectivity index (χ3v) is 3.33. The summed E-state index contributed by atoms with van der Waals surface area (Å²) in [5, 5.41) is 11.2. The molecule has 0 unspecified atom stereocenters. The maximum absolute atomic E-state index is 11.6. The lowest BCUT2D eigenvalue weighted by Crippen LogP contribution is -2.72. The number of esters is 1. The Morgan fingerprint density at radius 1 is 1.12 bits per heavy atom. The SMILES string of the molecule is CC1(C)OCC2(COC(=O)C(C)(C)N2O)CO1. The fourth-order valence-electron chi connectivity index (χ4n) is 2.02. The molecule has 0 atom stereocenters. The molecule has 98 valence electrons. The Morgan fingerprint density at radius 2 is 1.65 bits per heavy atom. The second kappa shape index (κ2) is 3.65. The van der Waals surface area contributed by atoms with E-state index in [-0.39, 0.29) is 19.8 Å². The molecule has 0 aliphatic carbocycles. The van der Waals surface area contributed by atoms with E-state index in [4.69, 9.17) is 14.2 Å². The van der Waals surface area contributed by atoms with Gasteiger partial charge in [-0.25, -0.2) is 4.79 Å². The Bertz CT molecular complexity index is 329.